The lowest BCUT2D eigenvalue weighted by Gasteiger charge is -2.14. The van der Waals surface area contributed by atoms with E-state index in [2.05, 4.69) is 15.5 Å². The van der Waals surface area contributed by atoms with Crippen molar-refractivity contribution < 1.29 is 9.53 Å². The van der Waals surface area contributed by atoms with Crippen LogP contribution < -0.4 is 10.1 Å². The first kappa shape index (κ1) is 19.0. The van der Waals surface area contributed by atoms with Crippen LogP contribution >= 0.6 is 11.8 Å². The normalized spacial score (nSPS) is 11.8. The first-order valence-electron chi connectivity index (χ1n) is 8.68. The molecule has 2 aromatic carbocycles. The van der Waals surface area contributed by atoms with Crippen LogP contribution in [0.5, 0.6) is 5.75 Å². The molecule has 0 radical (unpaired) electrons. The van der Waals surface area contributed by atoms with Gasteiger partial charge in [-0.25, -0.2) is 0 Å². The van der Waals surface area contributed by atoms with Crippen LogP contribution in [0.1, 0.15) is 24.4 Å². The highest BCUT2D eigenvalue weighted by molar-refractivity contribution is 7.99. The number of rotatable bonds is 8. The molecule has 0 saturated carbocycles. The summed E-state index contributed by atoms with van der Waals surface area (Å²) < 4.78 is 7.76. The highest BCUT2D eigenvalue weighted by atomic mass is 32.2. The van der Waals surface area contributed by atoms with Gasteiger partial charge in [-0.2, -0.15) is 0 Å². The van der Waals surface area contributed by atoms with E-state index >= 15 is 0 Å². The number of nitrogens with zero attached hydrogens (tertiary/aromatic N) is 3. The van der Waals surface area contributed by atoms with E-state index in [9.17, 15) is 4.79 Å². The number of para-hydroxylation sites is 1. The van der Waals surface area contributed by atoms with Crippen LogP contribution in [0.25, 0.3) is 0 Å². The Hall–Kier alpha value is -2.80. The molecule has 1 aromatic heterocycles. The summed E-state index contributed by atoms with van der Waals surface area (Å²) in [5.41, 5.74) is 1.07. The third-order valence-corrected chi connectivity index (χ3v) is 4.97. The third-order valence-electron chi connectivity index (χ3n) is 3.95. The highest BCUT2D eigenvalue weighted by Gasteiger charge is 2.18. The van der Waals surface area contributed by atoms with Gasteiger partial charge in [0.15, 0.2) is 17.1 Å². The van der Waals surface area contributed by atoms with Crippen LogP contribution in [0.2, 0.25) is 0 Å². The Bertz CT molecular complexity index is 868. The minimum atomic E-state index is -0.244. The number of amides is 1. The molecule has 1 N–H and O–H groups in total. The number of carbonyl (C=O) groups is 1. The predicted octanol–water partition coefficient (Wildman–Crippen LogP) is 3.36. The molecule has 3 aromatic rings. The van der Waals surface area contributed by atoms with Crippen LogP contribution in [0, 0.1) is 0 Å². The summed E-state index contributed by atoms with van der Waals surface area (Å²) in [5, 5.41) is 12.0. The van der Waals surface area contributed by atoms with Gasteiger partial charge >= 0.3 is 0 Å². The zero-order valence-electron chi connectivity index (χ0n) is 15.3. The van der Waals surface area contributed by atoms with Crippen molar-refractivity contribution in [3.05, 3.63) is 72.1 Å². The van der Waals surface area contributed by atoms with Gasteiger partial charge in [0.1, 0.15) is 5.75 Å². The lowest BCUT2D eigenvalue weighted by atomic mass is 10.2. The van der Waals surface area contributed by atoms with E-state index < -0.39 is 0 Å². The molecule has 27 heavy (non-hydrogen) atoms. The Kier molecular flexibility index (Phi) is 6.49. The number of hydrogen-bond acceptors (Lipinski definition) is 5. The summed E-state index contributed by atoms with van der Waals surface area (Å²) in [4.78, 5) is 12.1. The lowest BCUT2D eigenvalue weighted by Crippen LogP contribution is -2.24. The van der Waals surface area contributed by atoms with Crippen LogP contribution in [0.15, 0.2) is 65.8 Å². The van der Waals surface area contributed by atoms with Crippen molar-refractivity contribution in [2.45, 2.75) is 24.7 Å². The van der Waals surface area contributed by atoms with E-state index in [4.69, 9.17) is 4.74 Å². The second-order valence-corrected chi connectivity index (χ2v) is 6.97. The molecule has 0 fully saturated rings. The first-order valence-corrected chi connectivity index (χ1v) is 9.66. The molecule has 0 bridgehead atoms. The van der Waals surface area contributed by atoms with E-state index in [1.807, 2.05) is 79.2 Å². The molecule has 3 rings (SSSR count). The molecule has 6 nitrogen and oxygen atoms in total. The number of thioether (sulfide) groups is 1. The van der Waals surface area contributed by atoms with E-state index in [0.717, 1.165) is 11.3 Å². The summed E-state index contributed by atoms with van der Waals surface area (Å²) >= 11 is 1.36. The van der Waals surface area contributed by atoms with Crippen LogP contribution in [0.4, 0.5) is 0 Å². The fourth-order valence-electron chi connectivity index (χ4n) is 2.54. The minimum absolute atomic E-state index is 0.0398. The summed E-state index contributed by atoms with van der Waals surface area (Å²) in [6, 6.07) is 19.4. The molecule has 0 aliphatic heterocycles. The number of aromatic nitrogens is 3. The molecule has 0 aliphatic carbocycles. The zero-order valence-corrected chi connectivity index (χ0v) is 16.1. The summed E-state index contributed by atoms with van der Waals surface area (Å²) in [6.07, 6.45) is -0.244. The van der Waals surface area contributed by atoms with Crippen LogP contribution in [-0.4, -0.2) is 26.4 Å². The van der Waals surface area contributed by atoms with E-state index in [1.54, 1.807) is 0 Å². The molecular formula is C20H22N4O2S. The molecule has 140 valence electrons. The summed E-state index contributed by atoms with van der Waals surface area (Å²) in [5.74, 6) is 1.74. The lowest BCUT2D eigenvalue weighted by molar-refractivity contribution is -0.118. The maximum Gasteiger partial charge on any atom is 0.230 e. The van der Waals surface area contributed by atoms with Crippen LogP contribution in [0.3, 0.4) is 0 Å². The Balaban J connectivity index is 1.51. The molecular weight excluding hydrogens is 360 g/mol. The van der Waals surface area contributed by atoms with Gasteiger partial charge in [0.25, 0.3) is 0 Å². The van der Waals surface area contributed by atoms with Crippen molar-refractivity contribution in [1.82, 2.24) is 20.1 Å². The SMILES string of the molecule is CC(Oc1ccccc1)c1nnc(SCC(=O)NCc2ccccc2)n1C. The van der Waals surface area contributed by atoms with E-state index in [0.29, 0.717) is 17.5 Å². The Labute approximate surface area is 163 Å². The zero-order chi connectivity index (χ0) is 19.1. The number of hydrogen-bond donors (Lipinski definition) is 1. The summed E-state index contributed by atoms with van der Waals surface area (Å²) in [7, 11) is 1.88. The van der Waals surface area contributed by atoms with Crippen molar-refractivity contribution in [3.63, 3.8) is 0 Å². The highest BCUT2D eigenvalue weighted by Crippen LogP contribution is 2.23. The standard InChI is InChI=1S/C20H22N4O2S/c1-15(26-17-11-7-4-8-12-17)19-22-23-20(24(19)2)27-14-18(25)21-13-16-9-5-3-6-10-16/h3-12,15H,13-14H2,1-2H3,(H,21,25). The predicted molar refractivity (Wildman–Crippen MR) is 106 cm³/mol. The van der Waals surface area contributed by atoms with Gasteiger partial charge < -0.3 is 14.6 Å². The summed E-state index contributed by atoms with van der Waals surface area (Å²) in [6.45, 7) is 2.45. The van der Waals surface area contributed by atoms with E-state index in [-0.39, 0.29) is 17.8 Å². The fourth-order valence-corrected chi connectivity index (χ4v) is 3.29. The molecule has 7 heteroatoms. The molecule has 1 unspecified atom stereocenters. The quantitative estimate of drug-likeness (QED) is 0.605. The molecule has 0 aliphatic rings. The molecule has 0 spiro atoms. The smallest absolute Gasteiger partial charge is 0.230 e. The van der Waals surface area contributed by atoms with Crippen molar-refractivity contribution >= 4 is 17.7 Å². The van der Waals surface area contributed by atoms with Gasteiger partial charge in [0.05, 0.1) is 5.75 Å². The molecule has 1 amide bonds. The monoisotopic (exact) mass is 382 g/mol. The van der Waals surface area contributed by atoms with Crippen molar-refractivity contribution in [2.24, 2.45) is 7.05 Å². The third kappa shape index (κ3) is 5.34. The van der Waals surface area contributed by atoms with E-state index in [1.165, 1.54) is 11.8 Å². The number of nitrogens with one attached hydrogen (secondary N) is 1. The van der Waals surface area contributed by atoms with Gasteiger partial charge in [0.2, 0.25) is 5.91 Å². The largest absolute Gasteiger partial charge is 0.483 e. The average Bonchev–Trinajstić information content (AvgIpc) is 3.07. The number of carbonyl (C=O) groups excluding carboxylic acids is 1. The number of benzene rings is 2. The Morgan fingerprint density at radius 2 is 1.78 bits per heavy atom. The maximum absolute atomic E-state index is 12.1. The van der Waals surface area contributed by atoms with Crippen molar-refractivity contribution in [1.29, 1.82) is 0 Å². The Morgan fingerprint density at radius 3 is 2.48 bits per heavy atom. The minimum Gasteiger partial charge on any atom is -0.483 e. The fraction of sp³-hybridized carbons (Fsp3) is 0.250. The molecule has 0 saturated heterocycles. The molecule has 1 heterocycles. The number of ether oxygens (including phenoxy) is 1. The van der Waals surface area contributed by atoms with Crippen molar-refractivity contribution in [3.8, 4) is 5.75 Å². The van der Waals surface area contributed by atoms with Gasteiger partial charge in [-0.1, -0.05) is 60.3 Å². The van der Waals surface area contributed by atoms with Crippen molar-refractivity contribution in [2.75, 3.05) is 5.75 Å². The van der Waals surface area contributed by atoms with Gasteiger partial charge in [-0.3, -0.25) is 4.79 Å². The van der Waals surface area contributed by atoms with Gasteiger partial charge in [-0.05, 0) is 24.6 Å². The van der Waals surface area contributed by atoms with Gasteiger partial charge in [-0.15, -0.1) is 10.2 Å². The second kappa shape index (κ2) is 9.23. The van der Waals surface area contributed by atoms with Crippen LogP contribution in [-0.2, 0) is 18.4 Å². The maximum atomic E-state index is 12.1. The first-order chi connectivity index (χ1) is 13.1. The topological polar surface area (TPSA) is 69.0 Å². The second-order valence-electron chi connectivity index (χ2n) is 6.02. The molecule has 1 atom stereocenters. The average molecular weight is 382 g/mol. The Morgan fingerprint density at radius 1 is 1.11 bits per heavy atom. The van der Waals surface area contributed by atoms with Gasteiger partial charge in [0, 0.05) is 13.6 Å².